The first-order valence-electron chi connectivity index (χ1n) is 21.3. The molecule has 1 aliphatic heterocycles. The molecule has 0 radical (unpaired) electrons. The topological polar surface area (TPSA) is 15.7 Å². The van der Waals surface area contributed by atoms with Gasteiger partial charge in [-0.1, -0.05) is 164 Å². The molecule has 12 rings (SSSR count). The first kappa shape index (κ1) is 35.8. The lowest BCUT2D eigenvalue weighted by Crippen LogP contribution is -2.28. The third-order valence-corrected chi connectivity index (χ3v) is 12.7. The van der Waals surface area contributed by atoms with E-state index in [-0.39, 0.29) is 0 Å². The Balaban J connectivity index is 1.02. The summed E-state index contributed by atoms with van der Waals surface area (Å²) in [4.78, 5) is 4.70. The number of hydrogen-bond donors (Lipinski definition) is 0. The van der Waals surface area contributed by atoms with Gasteiger partial charge in [-0.05, 0) is 112 Å². The van der Waals surface area contributed by atoms with Crippen molar-refractivity contribution in [1.29, 1.82) is 0 Å². The number of anilines is 6. The number of fused-ring (bicyclic) bond motifs is 5. The van der Waals surface area contributed by atoms with Crippen molar-refractivity contribution in [3.8, 4) is 33.8 Å². The summed E-state index contributed by atoms with van der Waals surface area (Å²) < 4.78 is 6.98. The van der Waals surface area contributed by atoms with Crippen molar-refractivity contribution in [1.82, 2.24) is 0 Å². The first-order valence-corrected chi connectivity index (χ1v) is 21.3. The molecular formula is C59H40N2O. The molecule has 10 aromatic carbocycles. The van der Waals surface area contributed by atoms with E-state index in [0.29, 0.717) is 0 Å². The monoisotopic (exact) mass is 792 g/mol. The molecule has 0 N–H and O–H groups in total. The highest BCUT2D eigenvalue weighted by Crippen LogP contribution is 2.58. The Kier molecular flexibility index (Phi) is 8.39. The maximum absolute atomic E-state index is 6.98. The van der Waals surface area contributed by atoms with Gasteiger partial charge >= 0.3 is 0 Å². The Morgan fingerprint density at radius 3 is 1.44 bits per heavy atom. The van der Waals surface area contributed by atoms with Crippen molar-refractivity contribution in [2.24, 2.45) is 0 Å². The van der Waals surface area contributed by atoms with Gasteiger partial charge in [-0.3, -0.25) is 0 Å². The third kappa shape index (κ3) is 5.52. The van der Waals surface area contributed by atoms with Gasteiger partial charge in [0.05, 0.1) is 11.1 Å². The Bertz CT molecular complexity index is 3180. The second-order valence-corrected chi connectivity index (χ2v) is 16.0. The predicted molar refractivity (Wildman–Crippen MR) is 256 cm³/mol. The third-order valence-electron chi connectivity index (χ3n) is 12.7. The highest BCUT2D eigenvalue weighted by Gasteiger charge is 2.46. The van der Waals surface area contributed by atoms with E-state index < -0.39 is 5.41 Å². The van der Waals surface area contributed by atoms with Gasteiger partial charge in [0, 0.05) is 50.8 Å². The summed E-state index contributed by atoms with van der Waals surface area (Å²) >= 11 is 0. The Labute approximate surface area is 362 Å². The molecule has 0 amide bonds. The molecule has 0 saturated heterocycles. The van der Waals surface area contributed by atoms with E-state index in [0.717, 1.165) is 67.5 Å². The van der Waals surface area contributed by atoms with E-state index in [1.54, 1.807) is 0 Å². The van der Waals surface area contributed by atoms with Gasteiger partial charge in [0.2, 0.25) is 0 Å². The van der Waals surface area contributed by atoms with Crippen LogP contribution < -0.4 is 14.5 Å². The first-order chi connectivity index (χ1) is 30.8. The Hall–Kier alpha value is -8.14. The fourth-order valence-corrected chi connectivity index (χ4v) is 10.1. The smallest absolute Gasteiger partial charge is 0.137 e. The standard InChI is InChI=1S/C59H40N2O/c1-6-19-41(20-7-1)59(42-21-8-2-9-22-42)53-31-17-16-29-48(53)49-35-33-46(39-54(49)59)60(43-23-10-3-11-24-43)47-34-36-50-51-37-38-55(52-30-18-32-56(58(51)52)62-57(50)40-47)61(44-25-12-4-13-26-44)45-27-14-5-15-28-45/h1-40H. The van der Waals surface area contributed by atoms with Gasteiger partial charge in [-0.2, -0.15) is 0 Å². The summed E-state index contributed by atoms with van der Waals surface area (Å²) in [6.45, 7) is 0. The lowest BCUT2D eigenvalue weighted by molar-refractivity contribution is 0.487. The maximum atomic E-state index is 6.98. The van der Waals surface area contributed by atoms with Crippen molar-refractivity contribution in [3.63, 3.8) is 0 Å². The molecule has 1 aliphatic carbocycles. The van der Waals surface area contributed by atoms with Crippen LogP contribution in [-0.2, 0) is 5.41 Å². The van der Waals surface area contributed by atoms with Crippen LogP contribution in [0.3, 0.4) is 0 Å². The molecule has 1 heterocycles. The molecule has 292 valence electrons. The van der Waals surface area contributed by atoms with Crippen LogP contribution in [0.5, 0.6) is 11.5 Å². The molecule has 62 heavy (non-hydrogen) atoms. The quantitative estimate of drug-likeness (QED) is 0.152. The minimum atomic E-state index is -0.510. The van der Waals surface area contributed by atoms with Gasteiger partial charge in [-0.25, -0.2) is 0 Å². The van der Waals surface area contributed by atoms with E-state index in [9.17, 15) is 0 Å². The lowest BCUT2D eigenvalue weighted by atomic mass is 9.67. The number of ether oxygens (including phenoxy) is 1. The van der Waals surface area contributed by atoms with Crippen LogP contribution in [0.15, 0.2) is 243 Å². The summed E-state index contributed by atoms with van der Waals surface area (Å²) in [6.07, 6.45) is 0. The fourth-order valence-electron chi connectivity index (χ4n) is 10.1. The van der Waals surface area contributed by atoms with Crippen molar-refractivity contribution < 1.29 is 4.74 Å². The largest absolute Gasteiger partial charge is 0.456 e. The number of para-hydroxylation sites is 3. The maximum Gasteiger partial charge on any atom is 0.137 e. The van der Waals surface area contributed by atoms with Gasteiger partial charge in [-0.15, -0.1) is 0 Å². The molecule has 0 unspecified atom stereocenters. The average Bonchev–Trinajstić information content (AvgIpc) is 3.64. The molecular weight excluding hydrogens is 753 g/mol. The Morgan fingerprint density at radius 1 is 0.306 bits per heavy atom. The van der Waals surface area contributed by atoms with E-state index in [4.69, 9.17) is 4.74 Å². The van der Waals surface area contributed by atoms with E-state index >= 15 is 0 Å². The average molecular weight is 793 g/mol. The SMILES string of the molecule is c1ccc(N(c2ccc3c(c2)Oc2cccc4c(N(c5ccccc5)c5ccccc5)ccc-3c24)c2ccc3c(c2)C(c2ccccc2)(c2ccccc2)c2ccccc2-3)cc1. The van der Waals surface area contributed by atoms with Gasteiger partial charge in [0.15, 0.2) is 0 Å². The van der Waals surface area contributed by atoms with Crippen LogP contribution in [0.2, 0.25) is 0 Å². The van der Waals surface area contributed by atoms with Crippen molar-refractivity contribution >= 4 is 44.9 Å². The molecule has 2 aliphatic rings. The van der Waals surface area contributed by atoms with E-state index in [1.165, 1.54) is 33.4 Å². The second kappa shape index (κ2) is 14.5. The van der Waals surface area contributed by atoms with E-state index in [1.807, 2.05) is 0 Å². The Morgan fingerprint density at radius 2 is 0.806 bits per heavy atom. The van der Waals surface area contributed by atoms with Crippen LogP contribution in [-0.4, -0.2) is 0 Å². The molecule has 0 atom stereocenters. The van der Waals surface area contributed by atoms with E-state index in [2.05, 4.69) is 252 Å². The molecule has 0 bridgehead atoms. The van der Waals surface area contributed by atoms with Crippen LogP contribution in [0.1, 0.15) is 22.3 Å². The van der Waals surface area contributed by atoms with Gasteiger partial charge < -0.3 is 14.5 Å². The highest BCUT2D eigenvalue weighted by molar-refractivity contribution is 6.11. The fraction of sp³-hybridized carbons (Fsp3) is 0.0169. The molecule has 10 aromatic rings. The zero-order valence-corrected chi connectivity index (χ0v) is 33.9. The van der Waals surface area contributed by atoms with Crippen LogP contribution in [0.25, 0.3) is 33.0 Å². The molecule has 0 saturated carbocycles. The minimum absolute atomic E-state index is 0.510. The number of benzene rings is 10. The summed E-state index contributed by atoms with van der Waals surface area (Å²) in [7, 11) is 0. The number of rotatable bonds is 8. The van der Waals surface area contributed by atoms with Crippen molar-refractivity contribution in [2.75, 3.05) is 9.80 Å². The summed E-state index contributed by atoms with van der Waals surface area (Å²) in [5, 5.41) is 2.24. The lowest BCUT2D eigenvalue weighted by Gasteiger charge is -2.35. The molecule has 0 aromatic heterocycles. The van der Waals surface area contributed by atoms with Crippen LogP contribution in [0, 0.1) is 0 Å². The van der Waals surface area contributed by atoms with Gasteiger partial charge in [0.25, 0.3) is 0 Å². The van der Waals surface area contributed by atoms with Crippen LogP contribution >= 0.6 is 0 Å². The highest BCUT2D eigenvalue weighted by atomic mass is 16.5. The molecule has 0 fully saturated rings. The zero-order chi connectivity index (χ0) is 41.0. The summed E-state index contributed by atoms with van der Waals surface area (Å²) in [5.41, 5.74) is 15.7. The number of hydrogen-bond acceptors (Lipinski definition) is 3. The predicted octanol–water partition coefficient (Wildman–Crippen LogP) is 15.9. The van der Waals surface area contributed by atoms with Crippen LogP contribution in [0.4, 0.5) is 34.1 Å². The molecule has 3 nitrogen and oxygen atoms in total. The molecule has 3 heteroatoms. The zero-order valence-electron chi connectivity index (χ0n) is 33.9. The summed E-state index contributed by atoms with van der Waals surface area (Å²) in [6, 6.07) is 87.4. The second-order valence-electron chi connectivity index (χ2n) is 16.0. The normalized spacial score (nSPS) is 12.8. The number of nitrogens with zero attached hydrogens (tertiary/aromatic N) is 2. The van der Waals surface area contributed by atoms with Gasteiger partial charge in [0.1, 0.15) is 11.5 Å². The summed E-state index contributed by atoms with van der Waals surface area (Å²) in [5.74, 6) is 1.68. The minimum Gasteiger partial charge on any atom is -0.456 e. The van der Waals surface area contributed by atoms with Crippen molar-refractivity contribution in [2.45, 2.75) is 5.41 Å². The molecule has 0 spiro atoms. The van der Waals surface area contributed by atoms with Crippen molar-refractivity contribution in [3.05, 3.63) is 265 Å².